The number of imide groups is 1. The summed E-state index contributed by atoms with van der Waals surface area (Å²) in [6, 6.07) is 14.1. The van der Waals surface area contributed by atoms with E-state index in [1.165, 1.54) is 22.6 Å². The van der Waals surface area contributed by atoms with E-state index in [-0.39, 0.29) is 11.8 Å². The van der Waals surface area contributed by atoms with Gasteiger partial charge in [0.05, 0.1) is 18.2 Å². The van der Waals surface area contributed by atoms with E-state index in [4.69, 9.17) is 4.74 Å². The molecule has 6 nitrogen and oxygen atoms in total. The van der Waals surface area contributed by atoms with E-state index in [0.29, 0.717) is 23.7 Å². The SMILES string of the molecule is COc1ccc2c(c1)CC[C@H]1CN(CCCCN3C(=O)c4ccccc4C3=O)CCN21. The zero-order valence-corrected chi connectivity index (χ0v) is 18.0. The Morgan fingerprint density at radius 3 is 2.45 bits per heavy atom. The van der Waals surface area contributed by atoms with Gasteiger partial charge in [-0.05, 0) is 68.1 Å². The third-order valence-electron chi connectivity index (χ3n) is 6.89. The van der Waals surface area contributed by atoms with E-state index >= 15 is 0 Å². The molecule has 162 valence electrons. The molecule has 0 aliphatic carbocycles. The Balaban J connectivity index is 1.11. The highest BCUT2D eigenvalue weighted by Crippen LogP contribution is 2.35. The van der Waals surface area contributed by atoms with Crippen LogP contribution in [0.4, 0.5) is 5.69 Å². The number of hydrogen-bond donors (Lipinski definition) is 0. The average Bonchev–Trinajstić information content (AvgIpc) is 3.06. The molecule has 0 spiro atoms. The molecular weight excluding hydrogens is 390 g/mol. The summed E-state index contributed by atoms with van der Waals surface area (Å²) in [5, 5.41) is 0. The number of piperazine rings is 1. The minimum absolute atomic E-state index is 0.147. The van der Waals surface area contributed by atoms with Gasteiger partial charge in [0.1, 0.15) is 5.75 Å². The molecule has 3 heterocycles. The van der Waals surface area contributed by atoms with E-state index in [2.05, 4.69) is 28.0 Å². The molecule has 3 aliphatic heterocycles. The van der Waals surface area contributed by atoms with E-state index in [0.717, 1.165) is 51.2 Å². The number of amides is 2. The number of aryl methyl sites for hydroxylation is 1. The van der Waals surface area contributed by atoms with Gasteiger partial charge in [-0.25, -0.2) is 0 Å². The Kier molecular flexibility index (Phi) is 5.40. The van der Waals surface area contributed by atoms with Gasteiger partial charge in [-0.15, -0.1) is 0 Å². The predicted molar refractivity (Wildman–Crippen MR) is 120 cm³/mol. The van der Waals surface area contributed by atoms with Crippen LogP contribution in [0.5, 0.6) is 5.75 Å². The summed E-state index contributed by atoms with van der Waals surface area (Å²) in [6.45, 7) is 4.70. The van der Waals surface area contributed by atoms with Crippen LogP contribution in [-0.2, 0) is 6.42 Å². The van der Waals surface area contributed by atoms with E-state index in [9.17, 15) is 9.59 Å². The summed E-state index contributed by atoms with van der Waals surface area (Å²) in [4.78, 5) is 31.5. The van der Waals surface area contributed by atoms with Crippen molar-refractivity contribution in [3.63, 3.8) is 0 Å². The van der Waals surface area contributed by atoms with Gasteiger partial charge < -0.3 is 9.64 Å². The van der Waals surface area contributed by atoms with Crippen LogP contribution in [0.15, 0.2) is 42.5 Å². The van der Waals surface area contributed by atoms with Crippen molar-refractivity contribution in [2.75, 3.05) is 44.7 Å². The summed E-state index contributed by atoms with van der Waals surface area (Å²) in [5.74, 6) is 0.646. The summed E-state index contributed by atoms with van der Waals surface area (Å²) < 4.78 is 5.38. The standard InChI is InChI=1S/C25H29N3O3/c1-31-20-10-11-23-18(16-20)8-9-19-17-26(14-15-27(19)23)12-4-5-13-28-24(29)21-6-2-3-7-22(21)25(28)30/h2-3,6-7,10-11,16,19H,4-5,8-9,12-15,17H2,1H3/t19-/m0/s1. The number of methoxy groups -OCH3 is 1. The first-order valence-electron chi connectivity index (χ1n) is 11.3. The Morgan fingerprint density at radius 1 is 0.968 bits per heavy atom. The van der Waals surface area contributed by atoms with Gasteiger partial charge in [0.15, 0.2) is 0 Å². The van der Waals surface area contributed by atoms with Crippen LogP contribution in [0, 0.1) is 0 Å². The quantitative estimate of drug-likeness (QED) is 0.532. The fourth-order valence-electron chi connectivity index (χ4n) is 5.23. The smallest absolute Gasteiger partial charge is 0.261 e. The second-order valence-corrected chi connectivity index (χ2v) is 8.70. The van der Waals surface area contributed by atoms with Crippen molar-refractivity contribution in [1.82, 2.24) is 9.80 Å². The molecule has 1 fully saturated rings. The summed E-state index contributed by atoms with van der Waals surface area (Å²) in [7, 11) is 1.72. The van der Waals surface area contributed by atoms with Crippen molar-refractivity contribution in [2.45, 2.75) is 31.7 Å². The zero-order chi connectivity index (χ0) is 21.4. The number of fused-ring (bicyclic) bond motifs is 4. The zero-order valence-electron chi connectivity index (χ0n) is 18.0. The van der Waals surface area contributed by atoms with Gasteiger partial charge in [0, 0.05) is 37.9 Å². The lowest BCUT2D eigenvalue weighted by atomic mass is 9.93. The molecule has 1 saturated heterocycles. The van der Waals surface area contributed by atoms with Gasteiger partial charge >= 0.3 is 0 Å². The second-order valence-electron chi connectivity index (χ2n) is 8.70. The van der Waals surface area contributed by atoms with E-state index in [1.807, 2.05) is 12.1 Å². The molecule has 2 amide bonds. The topological polar surface area (TPSA) is 53.1 Å². The number of anilines is 1. The monoisotopic (exact) mass is 419 g/mol. The third kappa shape index (κ3) is 3.69. The number of hydrogen-bond acceptors (Lipinski definition) is 5. The van der Waals surface area contributed by atoms with Crippen LogP contribution < -0.4 is 9.64 Å². The lowest BCUT2D eigenvalue weighted by molar-refractivity contribution is 0.0650. The molecule has 2 aromatic carbocycles. The van der Waals surface area contributed by atoms with Crippen molar-refractivity contribution in [2.24, 2.45) is 0 Å². The van der Waals surface area contributed by atoms with Crippen LogP contribution in [0.1, 0.15) is 45.5 Å². The molecule has 0 radical (unpaired) electrons. The van der Waals surface area contributed by atoms with E-state index in [1.54, 1.807) is 19.2 Å². The van der Waals surface area contributed by atoms with Crippen LogP contribution in [0.2, 0.25) is 0 Å². The first-order valence-corrected chi connectivity index (χ1v) is 11.3. The van der Waals surface area contributed by atoms with Crippen molar-refractivity contribution >= 4 is 17.5 Å². The maximum absolute atomic E-state index is 12.5. The summed E-state index contributed by atoms with van der Waals surface area (Å²) in [5.41, 5.74) is 3.84. The first-order chi connectivity index (χ1) is 15.2. The van der Waals surface area contributed by atoms with Crippen LogP contribution in [-0.4, -0.2) is 67.5 Å². The molecule has 0 saturated carbocycles. The maximum atomic E-state index is 12.5. The first kappa shape index (κ1) is 20.1. The summed E-state index contributed by atoms with van der Waals surface area (Å²) in [6.07, 6.45) is 4.11. The normalized spacial score (nSPS) is 20.5. The second kappa shape index (κ2) is 8.35. The highest BCUT2D eigenvalue weighted by Gasteiger charge is 2.35. The fraction of sp³-hybridized carbons (Fsp3) is 0.440. The molecular formula is C25H29N3O3. The molecule has 0 aromatic heterocycles. The van der Waals surface area contributed by atoms with E-state index < -0.39 is 0 Å². The number of benzene rings is 2. The lowest BCUT2D eigenvalue weighted by Gasteiger charge is -2.46. The van der Waals surface area contributed by atoms with Gasteiger partial charge in [0.2, 0.25) is 0 Å². The molecule has 0 unspecified atom stereocenters. The Morgan fingerprint density at radius 2 is 1.71 bits per heavy atom. The molecule has 0 N–H and O–H groups in total. The Hall–Kier alpha value is -2.86. The average molecular weight is 420 g/mol. The predicted octanol–water partition coefficient (Wildman–Crippen LogP) is 3.21. The Labute approximate surface area is 183 Å². The number of unbranched alkanes of at least 4 members (excludes halogenated alkanes) is 1. The minimum Gasteiger partial charge on any atom is -0.497 e. The van der Waals surface area contributed by atoms with Crippen molar-refractivity contribution in [3.05, 3.63) is 59.2 Å². The molecule has 3 aliphatic rings. The van der Waals surface area contributed by atoms with Gasteiger partial charge in [-0.1, -0.05) is 12.1 Å². The van der Waals surface area contributed by atoms with Crippen LogP contribution in [0.25, 0.3) is 0 Å². The van der Waals surface area contributed by atoms with Gasteiger partial charge in [-0.2, -0.15) is 0 Å². The number of rotatable bonds is 6. The van der Waals surface area contributed by atoms with Gasteiger partial charge in [-0.3, -0.25) is 19.4 Å². The highest BCUT2D eigenvalue weighted by molar-refractivity contribution is 6.21. The van der Waals surface area contributed by atoms with Crippen molar-refractivity contribution < 1.29 is 14.3 Å². The molecule has 1 atom stereocenters. The molecule has 31 heavy (non-hydrogen) atoms. The highest BCUT2D eigenvalue weighted by atomic mass is 16.5. The number of carbonyl (C=O) groups excluding carboxylic acids is 2. The maximum Gasteiger partial charge on any atom is 0.261 e. The van der Waals surface area contributed by atoms with Crippen LogP contribution in [0.3, 0.4) is 0 Å². The molecule has 6 heteroatoms. The summed E-state index contributed by atoms with van der Waals surface area (Å²) >= 11 is 0. The lowest BCUT2D eigenvalue weighted by Crippen LogP contribution is -2.55. The minimum atomic E-state index is -0.147. The van der Waals surface area contributed by atoms with Crippen molar-refractivity contribution in [3.8, 4) is 5.75 Å². The third-order valence-corrected chi connectivity index (χ3v) is 6.89. The fourth-order valence-corrected chi connectivity index (χ4v) is 5.23. The van der Waals surface area contributed by atoms with Gasteiger partial charge in [0.25, 0.3) is 11.8 Å². The van der Waals surface area contributed by atoms with Crippen molar-refractivity contribution in [1.29, 1.82) is 0 Å². The largest absolute Gasteiger partial charge is 0.497 e. The van der Waals surface area contributed by atoms with Crippen LogP contribution >= 0.6 is 0 Å². The molecule has 2 aromatic rings. The number of nitrogens with zero attached hydrogens (tertiary/aromatic N) is 3. The number of carbonyl (C=O) groups is 2. The Bertz CT molecular complexity index is 970. The number of ether oxygens (including phenoxy) is 1. The molecule has 5 rings (SSSR count). The molecule has 0 bridgehead atoms.